The molecule has 0 saturated carbocycles. The SMILES string of the molecule is Cc1ccnc(NCCCC(=O)NCC(=O)N[C@@H](CC(=O)O)c2ccc(-c3cccc4ccc(OCCOCCOCCN=[N+]=[N-])cc34)cc2)c1. The van der Waals surface area contributed by atoms with Crippen LogP contribution in [0.3, 0.4) is 0 Å². The Bertz CT molecular complexity index is 1800. The minimum Gasteiger partial charge on any atom is -0.491 e. The van der Waals surface area contributed by atoms with Crippen molar-refractivity contribution in [1.29, 1.82) is 0 Å². The molecule has 0 radical (unpaired) electrons. The van der Waals surface area contributed by atoms with Crippen LogP contribution in [0.2, 0.25) is 0 Å². The van der Waals surface area contributed by atoms with Gasteiger partial charge in [0.25, 0.3) is 0 Å². The maximum absolute atomic E-state index is 12.7. The van der Waals surface area contributed by atoms with E-state index in [4.69, 9.17) is 19.7 Å². The monoisotopic (exact) mass is 697 g/mol. The van der Waals surface area contributed by atoms with Crippen molar-refractivity contribution in [2.24, 2.45) is 5.11 Å². The maximum Gasteiger partial charge on any atom is 0.305 e. The highest BCUT2D eigenvalue weighted by Crippen LogP contribution is 2.32. The lowest BCUT2D eigenvalue weighted by Gasteiger charge is -2.18. The third-order valence-electron chi connectivity index (χ3n) is 7.71. The number of rotatable bonds is 22. The minimum absolute atomic E-state index is 0.223. The van der Waals surface area contributed by atoms with E-state index in [1.165, 1.54) is 0 Å². The van der Waals surface area contributed by atoms with Gasteiger partial charge in [0.05, 0.1) is 45.4 Å². The highest BCUT2D eigenvalue weighted by molar-refractivity contribution is 5.97. The van der Waals surface area contributed by atoms with Gasteiger partial charge in [0.1, 0.15) is 18.2 Å². The molecule has 14 heteroatoms. The molecule has 4 N–H and O–H groups in total. The number of ether oxygens (including phenoxy) is 3. The largest absolute Gasteiger partial charge is 0.491 e. The molecule has 51 heavy (non-hydrogen) atoms. The first kappa shape index (κ1) is 38.1. The molecule has 4 aromatic rings. The number of azide groups is 1. The van der Waals surface area contributed by atoms with Gasteiger partial charge < -0.3 is 35.3 Å². The number of hydrogen-bond donors (Lipinski definition) is 4. The molecule has 0 unspecified atom stereocenters. The third-order valence-corrected chi connectivity index (χ3v) is 7.71. The second-order valence-corrected chi connectivity index (χ2v) is 11.6. The standard InChI is InChI=1S/C37H43N7O7/c1-26-13-15-40-34(22-26)39-14-3-6-35(45)41-25-36(46)43-33(24-37(47)48)29-9-7-28(8-10-29)31-5-2-4-27-11-12-30(23-32(27)31)51-21-20-50-19-18-49-17-16-42-44-38/h2,4-5,7-13,15,22-23,33H,3,6,14,16-21,24-25H2,1H3,(H,39,40)(H,41,45)(H,43,46)(H,47,48)/t33-/m0/s1. The zero-order valence-corrected chi connectivity index (χ0v) is 28.5. The summed E-state index contributed by atoms with van der Waals surface area (Å²) in [6, 6.07) is 22.3. The van der Waals surface area contributed by atoms with Crippen molar-refractivity contribution >= 4 is 34.4 Å². The molecule has 0 spiro atoms. The highest BCUT2D eigenvalue weighted by atomic mass is 16.5. The van der Waals surface area contributed by atoms with Crippen LogP contribution < -0.4 is 20.7 Å². The summed E-state index contributed by atoms with van der Waals surface area (Å²) < 4.78 is 16.8. The third kappa shape index (κ3) is 13.3. The van der Waals surface area contributed by atoms with Gasteiger partial charge in [-0.3, -0.25) is 14.4 Å². The second-order valence-electron chi connectivity index (χ2n) is 11.6. The molecule has 2 amide bonds. The summed E-state index contributed by atoms with van der Waals surface area (Å²) in [4.78, 5) is 43.6. The quantitative estimate of drug-likeness (QED) is 0.0351. The number of aromatic nitrogens is 1. The number of aryl methyl sites for hydroxylation is 1. The van der Waals surface area contributed by atoms with Crippen LogP contribution in [0.25, 0.3) is 32.3 Å². The average Bonchev–Trinajstić information content (AvgIpc) is 3.12. The molecule has 0 aliphatic carbocycles. The fourth-order valence-electron chi connectivity index (χ4n) is 5.22. The predicted molar refractivity (Wildman–Crippen MR) is 193 cm³/mol. The average molecular weight is 698 g/mol. The van der Waals surface area contributed by atoms with Crippen LogP contribution >= 0.6 is 0 Å². The van der Waals surface area contributed by atoms with Crippen LogP contribution in [0.5, 0.6) is 5.75 Å². The molecule has 0 aliphatic heterocycles. The number of fused-ring (bicyclic) bond motifs is 1. The lowest BCUT2D eigenvalue weighted by molar-refractivity contribution is -0.138. The Labute approximate surface area is 296 Å². The van der Waals surface area contributed by atoms with Crippen LogP contribution in [0, 0.1) is 6.92 Å². The predicted octanol–water partition coefficient (Wildman–Crippen LogP) is 5.57. The van der Waals surface area contributed by atoms with E-state index in [9.17, 15) is 19.5 Å². The van der Waals surface area contributed by atoms with E-state index < -0.39 is 17.9 Å². The van der Waals surface area contributed by atoms with Crippen molar-refractivity contribution in [2.75, 3.05) is 58.0 Å². The molecule has 3 aromatic carbocycles. The van der Waals surface area contributed by atoms with Gasteiger partial charge in [0.15, 0.2) is 0 Å². The molecule has 0 bridgehead atoms. The number of benzene rings is 3. The number of carboxylic acids is 1. The first-order valence-electron chi connectivity index (χ1n) is 16.7. The van der Waals surface area contributed by atoms with E-state index in [2.05, 4.69) is 31.0 Å². The molecule has 1 aromatic heterocycles. The van der Waals surface area contributed by atoms with E-state index >= 15 is 0 Å². The van der Waals surface area contributed by atoms with Crippen molar-refractivity contribution in [3.8, 4) is 16.9 Å². The molecule has 1 atom stereocenters. The summed E-state index contributed by atoms with van der Waals surface area (Å²) in [5, 5.41) is 23.5. The molecule has 0 aliphatic rings. The summed E-state index contributed by atoms with van der Waals surface area (Å²) in [6.07, 6.45) is 2.17. The fourth-order valence-corrected chi connectivity index (χ4v) is 5.22. The lowest BCUT2D eigenvalue weighted by Crippen LogP contribution is -2.39. The second kappa shape index (κ2) is 20.7. The van der Waals surface area contributed by atoms with Crippen molar-refractivity contribution in [3.63, 3.8) is 0 Å². The smallest absolute Gasteiger partial charge is 0.305 e. The Balaban J connectivity index is 1.28. The zero-order chi connectivity index (χ0) is 36.3. The van der Waals surface area contributed by atoms with Crippen LogP contribution in [0.4, 0.5) is 5.82 Å². The maximum atomic E-state index is 12.7. The Morgan fingerprint density at radius 1 is 0.941 bits per heavy atom. The van der Waals surface area contributed by atoms with Gasteiger partial charge in [-0.05, 0) is 76.2 Å². The number of amides is 2. The normalized spacial score (nSPS) is 11.3. The number of pyridine rings is 1. The first-order valence-corrected chi connectivity index (χ1v) is 16.7. The molecule has 14 nitrogen and oxygen atoms in total. The molecule has 4 rings (SSSR count). The number of nitrogens with one attached hydrogen (secondary N) is 3. The van der Waals surface area contributed by atoms with Gasteiger partial charge in [-0.25, -0.2) is 4.98 Å². The minimum atomic E-state index is -1.06. The molecule has 0 saturated heterocycles. The van der Waals surface area contributed by atoms with Crippen molar-refractivity contribution in [1.82, 2.24) is 15.6 Å². The number of anilines is 1. The summed E-state index contributed by atoms with van der Waals surface area (Å²) >= 11 is 0. The van der Waals surface area contributed by atoms with Crippen LogP contribution in [-0.2, 0) is 23.9 Å². The van der Waals surface area contributed by atoms with E-state index in [-0.39, 0.29) is 31.8 Å². The molecule has 0 fully saturated rings. The Morgan fingerprint density at radius 2 is 1.73 bits per heavy atom. The topological polar surface area (TPSA) is 197 Å². The molecular formula is C37H43N7O7. The summed E-state index contributed by atoms with van der Waals surface area (Å²) in [5.74, 6) is -0.396. The summed E-state index contributed by atoms with van der Waals surface area (Å²) in [6.45, 7) is 4.42. The number of hydrogen-bond acceptors (Lipinski definition) is 9. The van der Waals surface area contributed by atoms with E-state index in [1.54, 1.807) is 18.3 Å². The molecular weight excluding hydrogens is 654 g/mol. The highest BCUT2D eigenvalue weighted by Gasteiger charge is 2.19. The lowest BCUT2D eigenvalue weighted by atomic mass is 9.95. The van der Waals surface area contributed by atoms with Crippen molar-refractivity contribution < 1.29 is 33.7 Å². The van der Waals surface area contributed by atoms with Crippen molar-refractivity contribution in [2.45, 2.75) is 32.2 Å². The number of carboxylic acid groups (broad SMARTS) is 1. The first-order chi connectivity index (χ1) is 24.8. The van der Waals surface area contributed by atoms with Crippen LogP contribution in [0.1, 0.15) is 36.4 Å². The van der Waals surface area contributed by atoms with Gasteiger partial charge in [0.2, 0.25) is 11.8 Å². The Kier molecular flexibility index (Phi) is 15.5. The van der Waals surface area contributed by atoms with Gasteiger partial charge in [0, 0.05) is 30.6 Å². The van der Waals surface area contributed by atoms with Crippen LogP contribution in [0.15, 0.2) is 84.1 Å². The molecule has 268 valence electrons. The number of carbonyl (C=O) groups is 3. The number of aliphatic carboxylic acids is 1. The fraction of sp³-hybridized carbons (Fsp3) is 0.351. The molecule has 1 heterocycles. The van der Waals surface area contributed by atoms with E-state index in [1.807, 2.05) is 67.6 Å². The van der Waals surface area contributed by atoms with E-state index in [0.29, 0.717) is 57.3 Å². The Morgan fingerprint density at radius 3 is 2.49 bits per heavy atom. The summed E-state index contributed by atoms with van der Waals surface area (Å²) in [7, 11) is 0. The number of carbonyl (C=O) groups excluding carboxylic acids is 2. The van der Waals surface area contributed by atoms with Crippen molar-refractivity contribution in [3.05, 3.63) is 101 Å². The van der Waals surface area contributed by atoms with Gasteiger partial charge in [-0.15, -0.1) is 0 Å². The van der Waals surface area contributed by atoms with Gasteiger partial charge in [-0.1, -0.05) is 53.6 Å². The van der Waals surface area contributed by atoms with Crippen LogP contribution in [-0.4, -0.2) is 80.5 Å². The zero-order valence-electron chi connectivity index (χ0n) is 28.5. The number of nitrogens with zero attached hydrogens (tertiary/aromatic N) is 4. The van der Waals surface area contributed by atoms with Gasteiger partial charge >= 0.3 is 5.97 Å². The van der Waals surface area contributed by atoms with Gasteiger partial charge in [-0.2, -0.15) is 0 Å². The van der Waals surface area contributed by atoms with E-state index in [0.717, 1.165) is 33.3 Å². The Hall–Kier alpha value is -5.69. The summed E-state index contributed by atoms with van der Waals surface area (Å²) in [5.41, 5.74) is 11.8.